The first-order chi connectivity index (χ1) is 3.18. The Morgan fingerprint density at radius 2 is 1.86 bits per heavy atom. The monoisotopic (exact) mass is 176 g/mol. The lowest BCUT2D eigenvalue weighted by atomic mass is 10.5. The smallest absolute Gasteiger partial charge is 0.120 e. The molecule has 0 nitrogen and oxygen atoms in total. The van der Waals surface area contributed by atoms with Crippen LogP contribution >= 0.6 is 48.5 Å². The molecule has 0 heterocycles. The van der Waals surface area contributed by atoms with Gasteiger partial charge in [-0.15, -0.1) is 23.2 Å². The minimum Gasteiger partial charge on any atom is -0.178 e. The van der Waals surface area contributed by atoms with Crippen molar-refractivity contribution in [1.82, 2.24) is 0 Å². The fraction of sp³-hybridized carbons (Fsp3) is 1.00. The van der Waals surface area contributed by atoms with Gasteiger partial charge in [0.1, 0.15) is 4.84 Å². The van der Waals surface area contributed by atoms with Gasteiger partial charge in [-0.25, -0.2) is 0 Å². The number of thiol groups is 2. The van der Waals surface area contributed by atoms with Gasteiger partial charge >= 0.3 is 0 Å². The highest BCUT2D eigenvalue weighted by Gasteiger charge is 2.07. The molecule has 0 aromatic carbocycles. The molecule has 0 N–H and O–H groups in total. The van der Waals surface area contributed by atoms with Crippen LogP contribution in [0.3, 0.4) is 0 Å². The molecular weight excluding hydrogens is 171 g/mol. The maximum atomic E-state index is 5.37. The van der Waals surface area contributed by atoms with Crippen molar-refractivity contribution in [3.8, 4) is 0 Å². The minimum atomic E-state index is -0.402. The molecule has 0 bridgehead atoms. The summed E-state index contributed by atoms with van der Waals surface area (Å²) in [6.07, 6.45) is 0. The van der Waals surface area contributed by atoms with Crippen molar-refractivity contribution < 1.29 is 0 Å². The second kappa shape index (κ2) is 4.19. The number of hydrogen-bond donors (Lipinski definition) is 2. The van der Waals surface area contributed by atoms with Crippen molar-refractivity contribution in [2.24, 2.45) is 0 Å². The zero-order valence-electron chi connectivity index (χ0n) is 3.51. The SMILES string of the molecule is SCC(S)C(Cl)Cl. The van der Waals surface area contributed by atoms with E-state index in [1.165, 1.54) is 0 Å². The molecule has 1 atom stereocenters. The largest absolute Gasteiger partial charge is 0.178 e. The number of hydrogen-bond acceptors (Lipinski definition) is 2. The lowest BCUT2D eigenvalue weighted by Crippen LogP contribution is -2.09. The summed E-state index contributed by atoms with van der Waals surface area (Å²) in [6, 6.07) is 0. The second-order valence-corrected chi connectivity index (χ2v) is 3.28. The molecule has 0 fully saturated rings. The number of alkyl halides is 2. The van der Waals surface area contributed by atoms with Gasteiger partial charge in [-0.2, -0.15) is 25.3 Å². The zero-order valence-corrected chi connectivity index (χ0v) is 6.81. The van der Waals surface area contributed by atoms with Crippen LogP contribution in [0, 0.1) is 0 Å². The van der Waals surface area contributed by atoms with Gasteiger partial charge in [0.25, 0.3) is 0 Å². The fourth-order valence-electron chi connectivity index (χ4n) is 0.0797. The number of halogens is 2. The Morgan fingerprint density at radius 1 is 1.43 bits per heavy atom. The normalized spacial score (nSPS) is 15.0. The van der Waals surface area contributed by atoms with E-state index in [9.17, 15) is 0 Å². The molecule has 0 radical (unpaired) electrons. The van der Waals surface area contributed by atoms with Gasteiger partial charge in [0, 0.05) is 11.0 Å². The maximum absolute atomic E-state index is 5.37. The lowest BCUT2D eigenvalue weighted by Gasteiger charge is -2.04. The van der Waals surface area contributed by atoms with Gasteiger partial charge in [0.2, 0.25) is 0 Å². The summed E-state index contributed by atoms with van der Waals surface area (Å²) >= 11 is 18.6. The first-order valence-corrected chi connectivity index (χ1v) is 3.77. The Labute approximate surface area is 64.4 Å². The molecule has 0 aromatic rings. The summed E-state index contributed by atoms with van der Waals surface area (Å²) in [6.45, 7) is 0. The molecule has 0 spiro atoms. The van der Waals surface area contributed by atoms with Crippen LogP contribution in [0.2, 0.25) is 0 Å². The van der Waals surface area contributed by atoms with E-state index in [2.05, 4.69) is 25.3 Å². The summed E-state index contributed by atoms with van der Waals surface area (Å²) in [4.78, 5) is -0.402. The van der Waals surface area contributed by atoms with Gasteiger partial charge in [0.15, 0.2) is 0 Å². The Kier molecular flexibility index (Phi) is 4.95. The highest BCUT2D eigenvalue weighted by molar-refractivity contribution is 7.84. The summed E-state index contributed by atoms with van der Waals surface area (Å²) in [5, 5.41) is -0.00772. The van der Waals surface area contributed by atoms with E-state index in [4.69, 9.17) is 23.2 Å². The van der Waals surface area contributed by atoms with Gasteiger partial charge in [-0.05, 0) is 0 Å². The fourth-order valence-corrected chi connectivity index (χ4v) is 0.717. The third-order valence-electron chi connectivity index (χ3n) is 0.478. The van der Waals surface area contributed by atoms with Crippen LogP contribution in [0.25, 0.3) is 0 Å². The van der Waals surface area contributed by atoms with E-state index >= 15 is 0 Å². The molecule has 0 amide bonds. The standard InChI is InChI=1S/C3H6Cl2S2/c4-3(5)2(7)1-6/h2-3,6-7H,1H2. The van der Waals surface area contributed by atoms with E-state index in [1.807, 2.05) is 0 Å². The zero-order chi connectivity index (χ0) is 5.86. The van der Waals surface area contributed by atoms with E-state index in [-0.39, 0.29) is 5.25 Å². The van der Waals surface area contributed by atoms with E-state index in [1.54, 1.807) is 0 Å². The van der Waals surface area contributed by atoms with Crippen LogP contribution in [0.15, 0.2) is 0 Å². The Bertz CT molecular complexity index is 48.2. The van der Waals surface area contributed by atoms with Gasteiger partial charge < -0.3 is 0 Å². The molecule has 0 aliphatic rings. The molecule has 0 aromatic heterocycles. The highest BCUT2D eigenvalue weighted by Crippen LogP contribution is 2.13. The topological polar surface area (TPSA) is 0 Å². The molecule has 0 aliphatic heterocycles. The Balaban J connectivity index is 3.14. The summed E-state index contributed by atoms with van der Waals surface area (Å²) in [5.41, 5.74) is 0. The number of rotatable bonds is 2. The van der Waals surface area contributed by atoms with E-state index < -0.39 is 4.84 Å². The molecule has 0 rings (SSSR count). The van der Waals surface area contributed by atoms with Crippen LogP contribution in [0.5, 0.6) is 0 Å². The van der Waals surface area contributed by atoms with Crippen molar-refractivity contribution in [2.45, 2.75) is 10.1 Å². The molecule has 0 saturated heterocycles. The van der Waals surface area contributed by atoms with E-state index in [0.717, 1.165) is 0 Å². The molecule has 0 aliphatic carbocycles. The van der Waals surface area contributed by atoms with Crippen LogP contribution in [-0.2, 0) is 0 Å². The van der Waals surface area contributed by atoms with Crippen LogP contribution in [0.4, 0.5) is 0 Å². The van der Waals surface area contributed by atoms with Gasteiger partial charge in [-0.1, -0.05) is 0 Å². The van der Waals surface area contributed by atoms with Crippen molar-refractivity contribution in [1.29, 1.82) is 0 Å². The minimum absolute atomic E-state index is 0.00772. The van der Waals surface area contributed by atoms with Crippen molar-refractivity contribution in [3.05, 3.63) is 0 Å². The summed E-state index contributed by atoms with van der Waals surface area (Å²) < 4.78 is 0. The second-order valence-electron chi connectivity index (χ2n) is 1.08. The van der Waals surface area contributed by atoms with Gasteiger partial charge in [-0.3, -0.25) is 0 Å². The third-order valence-corrected chi connectivity index (χ3v) is 2.60. The van der Waals surface area contributed by atoms with E-state index in [0.29, 0.717) is 5.75 Å². The molecular formula is C3H6Cl2S2. The molecule has 0 saturated carbocycles. The summed E-state index contributed by atoms with van der Waals surface area (Å²) in [5.74, 6) is 0.612. The first-order valence-electron chi connectivity index (χ1n) is 1.75. The van der Waals surface area contributed by atoms with Crippen molar-refractivity contribution >= 4 is 48.5 Å². The average molecular weight is 177 g/mol. The third kappa shape index (κ3) is 3.83. The Morgan fingerprint density at radius 3 is 1.86 bits per heavy atom. The molecule has 4 heteroatoms. The molecule has 44 valence electrons. The predicted octanol–water partition coefficient (Wildman–Crippen LogP) is 2.02. The predicted molar refractivity (Wildman–Crippen MR) is 42.1 cm³/mol. The molecule has 1 unspecified atom stereocenters. The lowest BCUT2D eigenvalue weighted by molar-refractivity contribution is 1.09. The van der Waals surface area contributed by atoms with Crippen molar-refractivity contribution in [2.75, 3.05) is 5.75 Å². The molecule has 7 heavy (non-hydrogen) atoms. The van der Waals surface area contributed by atoms with Crippen LogP contribution < -0.4 is 0 Å². The first kappa shape index (κ1) is 8.28. The van der Waals surface area contributed by atoms with Crippen LogP contribution in [0.1, 0.15) is 0 Å². The highest BCUT2D eigenvalue weighted by atomic mass is 35.5. The quantitative estimate of drug-likeness (QED) is 0.468. The van der Waals surface area contributed by atoms with Gasteiger partial charge in [0.05, 0.1) is 0 Å². The van der Waals surface area contributed by atoms with Crippen LogP contribution in [-0.4, -0.2) is 15.8 Å². The Hall–Kier alpha value is 1.28. The average Bonchev–Trinajstić information content (AvgIpc) is 1.65. The van der Waals surface area contributed by atoms with Crippen molar-refractivity contribution in [3.63, 3.8) is 0 Å². The summed E-state index contributed by atoms with van der Waals surface area (Å²) in [7, 11) is 0. The maximum Gasteiger partial charge on any atom is 0.120 e.